The zero-order valence-electron chi connectivity index (χ0n) is 15.4. The molecule has 0 radical (unpaired) electrons. The van der Waals surface area contributed by atoms with Crippen molar-refractivity contribution in [2.24, 2.45) is 5.41 Å². The molecule has 1 aromatic heterocycles. The van der Waals surface area contributed by atoms with Gasteiger partial charge in [0.1, 0.15) is 0 Å². The quantitative estimate of drug-likeness (QED) is 0.818. The summed E-state index contributed by atoms with van der Waals surface area (Å²) in [7, 11) is 3.74. The van der Waals surface area contributed by atoms with E-state index in [2.05, 4.69) is 33.8 Å². The lowest BCUT2D eigenvalue weighted by Crippen LogP contribution is -2.49. The summed E-state index contributed by atoms with van der Waals surface area (Å²) in [5.41, 5.74) is 2.82. The van der Waals surface area contributed by atoms with Crippen LogP contribution >= 0.6 is 11.3 Å². The SMILES string of the molecule is Cc1cc([C@H]2CC(=O)N(N(C)C)C3=C2C(=O)CC(C)(C)C3)c(C)s1. The van der Waals surface area contributed by atoms with Crippen LogP contribution in [0.1, 0.15) is 54.3 Å². The molecule has 1 aliphatic carbocycles. The van der Waals surface area contributed by atoms with Gasteiger partial charge in [-0.25, -0.2) is 10.0 Å². The molecule has 5 heteroatoms. The third kappa shape index (κ3) is 2.84. The summed E-state index contributed by atoms with van der Waals surface area (Å²) >= 11 is 1.74. The van der Waals surface area contributed by atoms with Crippen LogP contribution in [0, 0.1) is 19.3 Å². The van der Waals surface area contributed by atoms with Crippen molar-refractivity contribution >= 4 is 23.0 Å². The number of carbonyl (C=O) groups excluding carboxylic acids is 2. The molecule has 0 saturated heterocycles. The largest absolute Gasteiger partial charge is 0.294 e. The third-order valence-corrected chi connectivity index (χ3v) is 5.95. The van der Waals surface area contributed by atoms with Crippen LogP contribution in [0.4, 0.5) is 0 Å². The van der Waals surface area contributed by atoms with Gasteiger partial charge in [-0.3, -0.25) is 9.59 Å². The highest BCUT2D eigenvalue weighted by Gasteiger charge is 2.45. The van der Waals surface area contributed by atoms with E-state index in [-0.39, 0.29) is 23.0 Å². The summed E-state index contributed by atoms with van der Waals surface area (Å²) in [5.74, 6) is 0.198. The van der Waals surface area contributed by atoms with E-state index >= 15 is 0 Å². The predicted octanol–water partition coefficient (Wildman–Crippen LogP) is 3.80. The first-order valence-corrected chi connectivity index (χ1v) is 9.26. The Bertz CT molecular complexity index is 743. The first-order valence-electron chi connectivity index (χ1n) is 8.44. The lowest BCUT2D eigenvalue weighted by Gasteiger charge is -2.44. The molecule has 0 aromatic carbocycles. The van der Waals surface area contributed by atoms with Crippen LogP contribution in [0.15, 0.2) is 17.3 Å². The molecule has 0 fully saturated rings. The molecular weight excluding hydrogens is 320 g/mol. The number of nitrogens with zero attached hydrogens (tertiary/aromatic N) is 2. The molecule has 3 rings (SSSR count). The van der Waals surface area contributed by atoms with Crippen LogP contribution < -0.4 is 0 Å². The number of rotatable bonds is 2. The minimum Gasteiger partial charge on any atom is -0.294 e. The van der Waals surface area contributed by atoms with Gasteiger partial charge in [0, 0.05) is 53.9 Å². The number of thiophene rings is 1. The van der Waals surface area contributed by atoms with Gasteiger partial charge in [-0.15, -0.1) is 11.3 Å². The molecular formula is C19H26N2O2S. The Morgan fingerprint density at radius 2 is 1.88 bits per heavy atom. The van der Waals surface area contributed by atoms with Crippen molar-refractivity contribution in [3.63, 3.8) is 0 Å². The smallest absolute Gasteiger partial charge is 0.242 e. The fourth-order valence-corrected chi connectivity index (χ4v) is 5.11. The van der Waals surface area contributed by atoms with E-state index in [9.17, 15) is 9.59 Å². The van der Waals surface area contributed by atoms with Crippen molar-refractivity contribution in [1.29, 1.82) is 0 Å². The van der Waals surface area contributed by atoms with Crippen LogP contribution in [-0.2, 0) is 9.59 Å². The van der Waals surface area contributed by atoms with Gasteiger partial charge in [0.15, 0.2) is 5.78 Å². The van der Waals surface area contributed by atoms with E-state index in [1.165, 1.54) is 9.75 Å². The molecule has 0 bridgehead atoms. The molecule has 2 aliphatic rings. The zero-order chi connectivity index (χ0) is 17.8. The van der Waals surface area contributed by atoms with Gasteiger partial charge in [-0.05, 0) is 37.3 Å². The number of Topliss-reactive ketones (excluding diaryl/α,β-unsaturated/α-hetero) is 1. The Balaban J connectivity index is 2.19. The first kappa shape index (κ1) is 17.4. The molecule has 0 unspecified atom stereocenters. The molecule has 4 nitrogen and oxygen atoms in total. The van der Waals surface area contributed by atoms with Crippen molar-refractivity contribution in [1.82, 2.24) is 10.0 Å². The van der Waals surface area contributed by atoms with Gasteiger partial charge in [0.2, 0.25) is 5.91 Å². The maximum Gasteiger partial charge on any atom is 0.242 e. The predicted molar refractivity (Wildman–Crippen MR) is 96.7 cm³/mol. The van der Waals surface area contributed by atoms with Crippen molar-refractivity contribution in [3.05, 3.63) is 32.7 Å². The van der Waals surface area contributed by atoms with Gasteiger partial charge in [-0.1, -0.05) is 13.8 Å². The average molecular weight is 346 g/mol. The monoisotopic (exact) mass is 346 g/mol. The molecule has 2 heterocycles. The Kier molecular flexibility index (Phi) is 4.21. The van der Waals surface area contributed by atoms with Crippen LogP contribution in [0.3, 0.4) is 0 Å². The first-order chi connectivity index (χ1) is 11.1. The number of hydrogen-bond acceptors (Lipinski definition) is 4. The van der Waals surface area contributed by atoms with Gasteiger partial charge >= 0.3 is 0 Å². The van der Waals surface area contributed by atoms with E-state index in [1.54, 1.807) is 16.3 Å². The number of amides is 1. The number of hydrogen-bond donors (Lipinski definition) is 0. The summed E-state index contributed by atoms with van der Waals surface area (Å²) in [6.07, 6.45) is 1.69. The summed E-state index contributed by atoms with van der Waals surface area (Å²) in [4.78, 5) is 28.3. The van der Waals surface area contributed by atoms with Gasteiger partial charge in [0.25, 0.3) is 0 Å². The average Bonchev–Trinajstić information content (AvgIpc) is 2.74. The van der Waals surface area contributed by atoms with Crippen molar-refractivity contribution in [3.8, 4) is 0 Å². The van der Waals surface area contributed by atoms with Gasteiger partial charge in [-0.2, -0.15) is 0 Å². The number of allylic oxidation sites excluding steroid dienone is 2. The molecule has 0 spiro atoms. The minimum absolute atomic E-state index is 0.0810. The van der Waals surface area contributed by atoms with Crippen molar-refractivity contribution in [2.75, 3.05) is 14.1 Å². The Morgan fingerprint density at radius 1 is 1.21 bits per heavy atom. The topological polar surface area (TPSA) is 40.6 Å². The number of ketones is 1. The second-order valence-corrected chi connectivity index (χ2v) is 9.44. The number of aryl methyl sites for hydroxylation is 2. The van der Waals surface area contributed by atoms with Crippen molar-refractivity contribution < 1.29 is 9.59 Å². The maximum absolute atomic E-state index is 13.0. The summed E-state index contributed by atoms with van der Waals surface area (Å²) in [6, 6.07) is 2.15. The van der Waals surface area contributed by atoms with E-state index in [0.717, 1.165) is 23.3 Å². The van der Waals surface area contributed by atoms with E-state index < -0.39 is 0 Å². The Hall–Kier alpha value is -1.46. The molecule has 1 aliphatic heterocycles. The molecule has 0 saturated carbocycles. The second-order valence-electron chi connectivity index (χ2n) is 7.98. The molecule has 0 N–H and O–H groups in total. The highest BCUT2D eigenvalue weighted by Crippen LogP contribution is 2.48. The van der Waals surface area contributed by atoms with E-state index in [1.807, 2.05) is 19.1 Å². The molecule has 1 atom stereocenters. The van der Waals surface area contributed by atoms with Crippen LogP contribution in [0.5, 0.6) is 0 Å². The Morgan fingerprint density at radius 3 is 2.42 bits per heavy atom. The molecule has 1 amide bonds. The lowest BCUT2D eigenvalue weighted by atomic mass is 9.69. The fourth-order valence-electron chi connectivity index (χ4n) is 4.13. The molecule has 130 valence electrons. The maximum atomic E-state index is 13.0. The van der Waals surface area contributed by atoms with Crippen molar-refractivity contribution in [2.45, 2.75) is 52.9 Å². The highest BCUT2D eigenvalue weighted by atomic mass is 32.1. The van der Waals surface area contributed by atoms with Crippen LogP contribution in [-0.4, -0.2) is 35.8 Å². The second kappa shape index (κ2) is 5.81. The van der Waals surface area contributed by atoms with Gasteiger partial charge in [0.05, 0.1) is 0 Å². The van der Waals surface area contributed by atoms with Crippen LogP contribution in [0.2, 0.25) is 0 Å². The summed E-state index contributed by atoms with van der Waals surface area (Å²) < 4.78 is 0. The minimum atomic E-state index is -0.105. The lowest BCUT2D eigenvalue weighted by molar-refractivity contribution is -0.143. The Labute approximate surface area is 148 Å². The summed E-state index contributed by atoms with van der Waals surface area (Å²) in [6.45, 7) is 8.39. The summed E-state index contributed by atoms with van der Waals surface area (Å²) in [5, 5.41) is 3.54. The normalized spacial score (nSPS) is 24.0. The standard InChI is InChI=1S/C19H26N2O2S/c1-11-7-13(12(2)24-11)14-8-17(23)21(20(5)6)15-9-19(3,4)10-16(22)18(14)15/h7,14H,8-10H2,1-6H3/t14-/m1/s1. The van der Waals surface area contributed by atoms with E-state index in [0.29, 0.717) is 12.8 Å². The van der Waals surface area contributed by atoms with Crippen LogP contribution in [0.25, 0.3) is 0 Å². The molecule has 1 aromatic rings. The highest BCUT2D eigenvalue weighted by molar-refractivity contribution is 7.12. The third-order valence-electron chi connectivity index (χ3n) is 4.97. The zero-order valence-corrected chi connectivity index (χ0v) is 16.2. The fraction of sp³-hybridized carbons (Fsp3) is 0.579. The number of carbonyl (C=O) groups is 2. The molecule has 24 heavy (non-hydrogen) atoms. The van der Waals surface area contributed by atoms with Gasteiger partial charge < -0.3 is 0 Å². The van der Waals surface area contributed by atoms with E-state index in [4.69, 9.17) is 0 Å². The number of hydrazine groups is 1.